The zero-order valence-corrected chi connectivity index (χ0v) is 12.2. The predicted octanol–water partition coefficient (Wildman–Crippen LogP) is 1.43. The number of rotatable bonds is 8. The SMILES string of the molecule is CCCOc1nc(NN)nc(N(C)CC(C)CC)n1. The van der Waals surface area contributed by atoms with Gasteiger partial charge in [-0.25, -0.2) is 5.84 Å². The van der Waals surface area contributed by atoms with Crippen molar-refractivity contribution in [2.45, 2.75) is 33.6 Å². The van der Waals surface area contributed by atoms with Crippen molar-refractivity contribution in [1.82, 2.24) is 15.0 Å². The molecule has 0 aromatic carbocycles. The zero-order chi connectivity index (χ0) is 14.3. The van der Waals surface area contributed by atoms with Crippen LogP contribution >= 0.6 is 0 Å². The molecule has 1 rings (SSSR count). The van der Waals surface area contributed by atoms with Crippen LogP contribution in [0.5, 0.6) is 6.01 Å². The Kier molecular flexibility index (Phi) is 6.27. The molecular weight excluding hydrogens is 244 g/mol. The van der Waals surface area contributed by atoms with Crippen molar-refractivity contribution in [3.05, 3.63) is 0 Å². The van der Waals surface area contributed by atoms with Gasteiger partial charge in [-0.3, -0.25) is 5.43 Å². The molecule has 0 fully saturated rings. The third kappa shape index (κ3) is 4.86. The summed E-state index contributed by atoms with van der Waals surface area (Å²) in [5.41, 5.74) is 2.44. The zero-order valence-electron chi connectivity index (χ0n) is 12.2. The molecule has 3 N–H and O–H groups in total. The highest BCUT2D eigenvalue weighted by Crippen LogP contribution is 2.15. The van der Waals surface area contributed by atoms with Crippen molar-refractivity contribution in [2.24, 2.45) is 11.8 Å². The van der Waals surface area contributed by atoms with E-state index < -0.39 is 0 Å². The molecular formula is C12H24N6O. The molecule has 1 unspecified atom stereocenters. The summed E-state index contributed by atoms with van der Waals surface area (Å²) >= 11 is 0. The van der Waals surface area contributed by atoms with E-state index in [1.165, 1.54) is 0 Å². The number of nitrogens with two attached hydrogens (primary N) is 1. The van der Waals surface area contributed by atoms with Crippen LogP contribution in [0.2, 0.25) is 0 Å². The monoisotopic (exact) mass is 268 g/mol. The van der Waals surface area contributed by atoms with Gasteiger partial charge in [-0.1, -0.05) is 27.2 Å². The average Bonchev–Trinajstić information content (AvgIpc) is 2.44. The van der Waals surface area contributed by atoms with E-state index in [1.807, 2.05) is 18.9 Å². The van der Waals surface area contributed by atoms with Crippen molar-refractivity contribution < 1.29 is 4.74 Å². The standard InChI is InChI=1S/C12H24N6O/c1-5-7-19-12-15-10(17-13)14-11(16-12)18(4)8-9(3)6-2/h9H,5-8,13H2,1-4H3,(H,14,15,16,17). The second-order valence-electron chi connectivity index (χ2n) is 4.63. The van der Waals surface area contributed by atoms with E-state index >= 15 is 0 Å². The number of nitrogen functional groups attached to an aromatic ring is 1. The first-order valence-electron chi connectivity index (χ1n) is 6.67. The number of nitrogens with zero attached hydrogens (tertiary/aromatic N) is 4. The molecule has 0 radical (unpaired) electrons. The summed E-state index contributed by atoms with van der Waals surface area (Å²) in [6, 6.07) is 0.302. The van der Waals surface area contributed by atoms with Crippen LogP contribution in [0.25, 0.3) is 0 Å². The summed E-state index contributed by atoms with van der Waals surface area (Å²) in [6.45, 7) is 7.82. The van der Waals surface area contributed by atoms with Crippen LogP contribution < -0.4 is 20.9 Å². The Bertz CT molecular complexity index is 386. The van der Waals surface area contributed by atoms with Crippen LogP contribution in [0.4, 0.5) is 11.9 Å². The second-order valence-corrected chi connectivity index (χ2v) is 4.63. The first kappa shape index (κ1) is 15.4. The molecule has 0 aliphatic heterocycles. The lowest BCUT2D eigenvalue weighted by molar-refractivity contribution is 0.291. The molecule has 1 atom stereocenters. The Morgan fingerprint density at radius 2 is 2.05 bits per heavy atom. The minimum absolute atomic E-state index is 0.302. The maximum Gasteiger partial charge on any atom is 0.323 e. The van der Waals surface area contributed by atoms with Gasteiger partial charge in [0.1, 0.15) is 0 Å². The Morgan fingerprint density at radius 3 is 2.63 bits per heavy atom. The fraction of sp³-hybridized carbons (Fsp3) is 0.750. The third-order valence-corrected chi connectivity index (χ3v) is 2.79. The van der Waals surface area contributed by atoms with Crippen molar-refractivity contribution in [3.8, 4) is 6.01 Å². The van der Waals surface area contributed by atoms with Crippen LogP contribution in [0.15, 0.2) is 0 Å². The van der Waals surface area contributed by atoms with E-state index in [0.717, 1.165) is 19.4 Å². The minimum atomic E-state index is 0.302. The number of hydrazine groups is 1. The lowest BCUT2D eigenvalue weighted by atomic mass is 10.1. The molecule has 0 aliphatic rings. The Hall–Kier alpha value is -1.63. The van der Waals surface area contributed by atoms with E-state index in [-0.39, 0.29) is 0 Å². The summed E-state index contributed by atoms with van der Waals surface area (Å²) in [4.78, 5) is 14.6. The van der Waals surface area contributed by atoms with Crippen molar-refractivity contribution >= 4 is 11.9 Å². The lowest BCUT2D eigenvalue weighted by Gasteiger charge is -2.21. The smallest absolute Gasteiger partial charge is 0.323 e. The Labute approximate surface area is 114 Å². The van der Waals surface area contributed by atoms with Gasteiger partial charge in [-0.05, 0) is 12.3 Å². The molecule has 108 valence electrons. The second kappa shape index (κ2) is 7.73. The van der Waals surface area contributed by atoms with E-state index in [4.69, 9.17) is 10.6 Å². The molecule has 0 saturated carbocycles. The van der Waals surface area contributed by atoms with Gasteiger partial charge in [0.15, 0.2) is 0 Å². The summed E-state index contributed by atoms with van der Waals surface area (Å²) in [5, 5.41) is 0. The van der Waals surface area contributed by atoms with Gasteiger partial charge in [0.25, 0.3) is 0 Å². The van der Waals surface area contributed by atoms with Gasteiger partial charge in [-0.2, -0.15) is 15.0 Å². The molecule has 19 heavy (non-hydrogen) atoms. The number of ether oxygens (including phenoxy) is 1. The first-order valence-corrected chi connectivity index (χ1v) is 6.67. The maximum absolute atomic E-state index is 5.44. The number of anilines is 2. The molecule has 0 spiro atoms. The highest BCUT2D eigenvalue weighted by atomic mass is 16.5. The summed E-state index contributed by atoms with van der Waals surface area (Å²) < 4.78 is 5.44. The number of aromatic nitrogens is 3. The molecule has 0 bridgehead atoms. The molecule has 1 aromatic rings. The van der Waals surface area contributed by atoms with Crippen LogP contribution in [0.3, 0.4) is 0 Å². The molecule has 1 heterocycles. The average molecular weight is 268 g/mol. The molecule has 0 amide bonds. The lowest BCUT2D eigenvalue weighted by Crippen LogP contribution is -2.26. The van der Waals surface area contributed by atoms with E-state index in [1.54, 1.807) is 0 Å². The van der Waals surface area contributed by atoms with Crippen molar-refractivity contribution in [2.75, 3.05) is 30.5 Å². The van der Waals surface area contributed by atoms with Gasteiger partial charge in [0.05, 0.1) is 6.61 Å². The van der Waals surface area contributed by atoms with E-state index in [2.05, 4.69) is 34.2 Å². The number of nitrogens with one attached hydrogen (secondary N) is 1. The summed E-state index contributed by atoms with van der Waals surface area (Å²) in [5.74, 6) is 6.81. The fourth-order valence-corrected chi connectivity index (χ4v) is 1.52. The van der Waals surface area contributed by atoms with Crippen molar-refractivity contribution in [3.63, 3.8) is 0 Å². The maximum atomic E-state index is 5.44. The van der Waals surface area contributed by atoms with E-state index in [0.29, 0.717) is 30.4 Å². The highest BCUT2D eigenvalue weighted by molar-refractivity contribution is 5.36. The van der Waals surface area contributed by atoms with Gasteiger partial charge < -0.3 is 9.64 Å². The highest BCUT2D eigenvalue weighted by Gasteiger charge is 2.12. The topological polar surface area (TPSA) is 89.2 Å². The summed E-state index contributed by atoms with van der Waals surface area (Å²) in [7, 11) is 1.95. The van der Waals surface area contributed by atoms with Crippen LogP contribution in [0, 0.1) is 5.92 Å². The molecule has 0 saturated heterocycles. The first-order chi connectivity index (χ1) is 9.10. The molecule has 7 heteroatoms. The summed E-state index contributed by atoms with van der Waals surface area (Å²) in [6.07, 6.45) is 2.01. The number of hydrogen-bond acceptors (Lipinski definition) is 7. The molecule has 0 aliphatic carbocycles. The van der Waals surface area contributed by atoms with Gasteiger partial charge >= 0.3 is 6.01 Å². The van der Waals surface area contributed by atoms with Gasteiger partial charge in [-0.15, -0.1) is 0 Å². The number of hydrogen-bond donors (Lipinski definition) is 2. The fourth-order valence-electron chi connectivity index (χ4n) is 1.52. The quantitative estimate of drug-likeness (QED) is 0.544. The van der Waals surface area contributed by atoms with E-state index in [9.17, 15) is 0 Å². The normalized spacial score (nSPS) is 12.1. The minimum Gasteiger partial charge on any atom is -0.463 e. The Balaban J connectivity index is 2.85. The molecule has 1 aromatic heterocycles. The Morgan fingerprint density at radius 1 is 1.32 bits per heavy atom. The van der Waals surface area contributed by atoms with Gasteiger partial charge in [0, 0.05) is 13.6 Å². The molecule has 7 nitrogen and oxygen atoms in total. The van der Waals surface area contributed by atoms with Crippen molar-refractivity contribution in [1.29, 1.82) is 0 Å². The largest absolute Gasteiger partial charge is 0.463 e. The van der Waals surface area contributed by atoms with Crippen LogP contribution in [-0.4, -0.2) is 35.2 Å². The van der Waals surface area contributed by atoms with Gasteiger partial charge in [0.2, 0.25) is 11.9 Å². The van der Waals surface area contributed by atoms with Crippen LogP contribution in [-0.2, 0) is 0 Å². The van der Waals surface area contributed by atoms with Crippen LogP contribution in [0.1, 0.15) is 33.6 Å². The third-order valence-electron chi connectivity index (χ3n) is 2.79. The predicted molar refractivity (Wildman–Crippen MR) is 76.1 cm³/mol.